The molecular weight excluding hydrogens is 602 g/mol. The lowest BCUT2D eigenvalue weighted by molar-refractivity contribution is -0.165. The summed E-state index contributed by atoms with van der Waals surface area (Å²) in [5.41, 5.74) is 4.92. The van der Waals surface area contributed by atoms with Gasteiger partial charge in [-0.1, -0.05) is 72.8 Å². The fraction of sp³-hybridized carbons (Fsp3) is 0.371. The first-order valence-corrected chi connectivity index (χ1v) is 15.8. The number of rotatable bonds is 11. The number of nitrogens with zero attached hydrogens (tertiary/aromatic N) is 5. The highest BCUT2D eigenvalue weighted by molar-refractivity contribution is 5.83. The molecule has 2 unspecified atom stereocenters. The number of hydrogen-bond acceptors (Lipinski definition) is 9. The molecule has 12 nitrogen and oxygen atoms in total. The van der Waals surface area contributed by atoms with E-state index in [9.17, 15) is 9.59 Å². The number of carbonyl (C=O) groups is 2. The molecule has 47 heavy (non-hydrogen) atoms. The van der Waals surface area contributed by atoms with Gasteiger partial charge in [0.1, 0.15) is 11.9 Å². The maximum absolute atomic E-state index is 9.77. The van der Waals surface area contributed by atoms with Crippen molar-refractivity contribution in [1.82, 2.24) is 19.7 Å². The van der Waals surface area contributed by atoms with Gasteiger partial charge in [0.25, 0.3) is 0 Å². The molecule has 4 N–H and O–H groups in total. The summed E-state index contributed by atoms with van der Waals surface area (Å²) in [5, 5.41) is 41.3. The number of carboxylic acid groups (broad SMARTS) is 2. The highest BCUT2D eigenvalue weighted by Gasteiger charge is 2.29. The molecule has 0 radical (unpaired) electrons. The lowest BCUT2D eigenvalue weighted by atomic mass is 10.00. The van der Waals surface area contributed by atoms with Crippen LogP contribution in [-0.2, 0) is 20.9 Å². The number of anilines is 1. The first-order valence-electron chi connectivity index (χ1n) is 15.8. The highest BCUT2D eigenvalue weighted by Crippen LogP contribution is 2.33. The molecular formula is C35H41N5O7. The Kier molecular flexibility index (Phi) is 11.3. The molecule has 1 fully saturated rings. The third kappa shape index (κ3) is 8.40. The van der Waals surface area contributed by atoms with Crippen molar-refractivity contribution in [3.05, 3.63) is 108 Å². The van der Waals surface area contributed by atoms with Crippen molar-refractivity contribution in [2.45, 2.75) is 57.1 Å². The van der Waals surface area contributed by atoms with Crippen LogP contribution in [0.15, 0.2) is 84.9 Å². The Bertz CT molecular complexity index is 1550. The van der Waals surface area contributed by atoms with Gasteiger partial charge in [0.15, 0.2) is 18.0 Å². The van der Waals surface area contributed by atoms with Gasteiger partial charge in [-0.25, -0.2) is 9.59 Å². The number of hydrogen-bond donors (Lipinski definition) is 4. The summed E-state index contributed by atoms with van der Waals surface area (Å²) in [6.45, 7) is 7.14. The van der Waals surface area contributed by atoms with Crippen LogP contribution >= 0.6 is 0 Å². The van der Waals surface area contributed by atoms with Crippen molar-refractivity contribution in [3.63, 3.8) is 0 Å². The van der Waals surface area contributed by atoms with E-state index < -0.39 is 24.1 Å². The molecule has 3 heterocycles. The van der Waals surface area contributed by atoms with E-state index in [-0.39, 0.29) is 12.2 Å². The topological polar surface area (TPSA) is 161 Å². The molecule has 12 heteroatoms. The van der Waals surface area contributed by atoms with Crippen LogP contribution in [0.5, 0.6) is 0 Å². The van der Waals surface area contributed by atoms with Crippen LogP contribution in [0.3, 0.4) is 0 Å². The Balaban J connectivity index is 0.000000378. The minimum Gasteiger partial charge on any atom is -0.479 e. The van der Waals surface area contributed by atoms with Crippen molar-refractivity contribution < 1.29 is 34.8 Å². The number of aliphatic carboxylic acids is 2. The van der Waals surface area contributed by atoms with Gasteiger partial charge in [0, 0.05) is 19.6 Å². The number of aliphatic hydroxyl groups excluding tert-OH is 2. The van der Waals surface area contributed by atoms with E-state index in [1.165, 1.54) is 22.5 Å². The van der Waals surface area contributed by atoms with E-state index in [1.54, 1.807) is 0 Å². The zero-order chi connectivity index (χ0) is 33.3. The molecule has 248 valence electrons. The van der Waals surface area contributed by atoms with Gasteiger partial charge in [-0.2, -0.15) is 0 Å². The minimum absolute atomic E-state index is 0.0104. The first kappa shape index (κ1) is 33.7. The Hall–Kier alpha value is -4.62. The smallest absolute Gasteiger partial charge is 0.335 e. The zero-order valence-corrected chi connectivity index (χ0v) is 26.3. The van der Waals surface area contributed by atoms with E-state index >= 15 is 0 Å². The van der Waals surface area contributed by atoms with Crippen LogP contribution in [0.25, 0.3) is 5.69 Å². The monoisotopic (exact) mass is 643 g/mol. The largest absolute Gasteiger partial charge is 0.479 e. The molecule has 0 spiro atoms. The normalized spacial score (nSPS) is 16.0. The van der Waals surface area contributed by atoms with Crippen molar-refractivity contribution >= 4 is 17.6 Å². The van der Waals surface area contributed by atoms with Gasteiger partial charge in [0.05, 0.1) is 24.0 Å². The van der Waals surface area contributed by atoms with Crippen LogP contribution in [-0.4, -0.2) is 96.5 Å². The fourth-order valence-electron chi connectivity index (χ4n) is 6.02. The summed E-state index contributed by atoms with van der Waals surface area (Å²) in [4.78, 5) is 24.6. The number of para-hydroxylation sites is 2. The number of likely N-dealkylation sites (tertiary alicyclic amines) is 1. The predicted octanol–water partition coefficient (Wildman–Crippen LogP) is 3.43. The molecule has 1 saturated heterocycles. The summed E-state index contributed by atoms with van der Waals surface area (Å²) >= 11 is 0. The number of ether oxygens (including phenoxy) is 1. The van der Waals surface area contributed by atoms with Crippen LogP contribution < -0.4 is 4.90 Å². The number of piperidine rings is 1. The summed E-state index contributed by atoms with van der Waals surface area (Å²) < 4.78 is 8.92. The van der Waals surface area contributed by atoms with Crippen LogP contribution in [0.4, 0.5) is 5.69 Å². The number of benzene rings is 3. The minimum atomic E-state index is -2.27. The lowest BCUT2D eigenvalue weighted by Crippen LogP contribution is -2.39. The van der Waals surface area contributed by atoms with Crippen LogP contribution in [0.2, 0.25) is 0 Å². The third-order valence-electron chi connectivity index (χ3n) is 8.46. The number of aryl methyl sites for hydroxylation is 1. The summed E-state index contributed by atoms with van der Waals surface area (Å²) in [6, 6.07) is 29.8. The maximum Gasteiger partial charge on any atom is 0.335 e. The van der Waals surface area contributed by atoms with Gasteiger partial charge in [-0.05, 0) is 56.0 Å². The molecule has 0 saturated carbocycles. The standard InChI is InChI=1S/C31H35N5O.C4H6O6/c1-24-32-33-30-23-35(28-15-8-9-16-29(28)36(24)30)20-10-19-34-21-17-27(18-22-34)37-31(25-11-4-2-5-12-25)26-13-6-3-7-14-26;5-1(3(7)8)2(6)4(9)10/h2-9,11-16,27,31H,10,17-23H2,1H3;1-2,5-6H,(H,7,8)(H,9,10). The van der Waals surface area contributed by atoms with Gasteiger partial charge < -0.3 is 35.0 Å². The SMILES string of the molecule is Cc1nnc2n1-c1ccccc1N(CCCN1CCC(OC(c3ccccc3)c3ccccc3)CC1)C2.O=C(O)C(O)C(O)C(=O)O. The zero-order valence-electron chi connectivity index (χ0n) is 26.3. The van der Waals surface area contributed by atoms with Crippen molar-refractivity contribution in [2.75, 3.05) is 31.1 Å². The van der Waals surface area contributed by atoms with E-state index in [0.29, 0.717) is 0 Å². The van der Waals surface area contributed by atoms with E-state index in [0.717, 1.165) is 63.6 Å². The number of carboxylic acids is 2. The second-order valence-corrected chi connectivity index (χ2v) is 11.7. The van der Waals surface area contributed by atoms with Crippen molar-refractivity contribution in [2.24, 2.45) is 0 Å². The quantitative estimate of drug-likeness (QED) is 0.190. The molecule has 2 atom stereocenters. The Labute approximate surface area is 273 Å². The van der Waals surface area contributed by atoms with Crippen LogP contribution in [0.1, 0.15) is 48.1 Å². The molecule has 0 aliphatic carbocycles. The van der Waals surface area contributed by atoms with Gasteiger partial charge in [0.2, 0.25) is 0 Å². The predicted molar refractivity (Wildman–Crippen MR) is 174 cm³/mol. The van der Waals surface area contributed by atoms with E-state index in [1.807, 2.05) is 6.92 Å². The summed E-state index contributed by atoms with van der Waals surface area (Å²) in [6.07, 6.45) is -0.983. The number of fused-ring (bicyclic) bond motifs is 3. The van der Waals surface area contributed by atoms with E-state index in [4.69, 9.17) is 25.2 Å². The molecule has 1 aromatic heterocycles. The molecule has 0 amide bonds. The molecule has 3 aromatic carbocycles. The highest BCUT2D eigenvalue weighted by atomic mass is 16.5. The molecule has 6 rings (SSSR count). The van der Waals surface area contributed by atoms with E-state index in [2.05, 4.69) is 109 Å². The number of aromatic nitrogens is 3. The summed E-state index contributed by atoms with van der Waals surface area (Å²) in [7, 11) is 0. The maximum atomic E-state index is 9.77. The van der Waals surface area contributed by atoms with Crippen LogP contribution in [0, 0.1) is 6.92 Å². The fourth-order valence-corrected chi connectivity index (χ4v) is 6.02. The molecule has 0 bridgehead atoms. The van der Waals surface area contributed by atoms with Gasteiger partial charge in [-0.3, -0.25) is 4.57 Å². The van der Waals surface area contributed by atoms with Gasteiger partial charge >= 0.3 is 11.9 Å². The molecule has 4 aromatic rings. The third-order valence-corrected chi connectivity index (χ3v) is 8.46. The Morgan fingerprint density at radius 2 is 1.32 bits per heavy atom. The van der Waals surface area contributed by atoms with Gasteiger partial charge in [-0.15, -0.1) is 10.2 Å². The average Bonchev–Trinajstić information content (AvgIpc) is 3.48. The lowest BCUT2D eigenvalue weighted by Gasteiger charge is -2.35. The van der Waals surface area contributed by atoms with Crippen molar-refractivity contribution in [3.8, 4) is 5.69 Å². The average molecular weight is 644 g/mol. The second-order valence-electron chi connectivity index (χ2n) is 11.7. The Morgan fingerprint density at radius 3 is 1.87 bits per heavy atom. The number of aliphatic hydroxyl groups is 2. The molecule has 2 aliphatic heterocycles. The van der Waals surface area contributed by atoms with Crippen molar-refractivity contribution in [1.29, 1.82) is 0 Å². The Morgan fingerprint density at radius 1 is 0.787 bits per heavy atom. The second kappa shape index (κ2) is 15.8. The molecule has 2 aliphatic rings. The summed E-state index contributed by atoms with van der Waals surface area (Å²) in [5.74, 6) is -1.56. The first-order chi connectivity index (χ1) is 22.7.